The van der Waals surface area contributed by atoms with Crippen LogP contribution < -0.4 is 11.1 Å². The Hall–Kier alpha value is -1.67. The summed E-state index contributed by atoms with van der Waals surface area (Å²) in [7, 11) is 0. The fourth-order valence-electron chi connectivity index (χ4n) is 3.37. The van der Waals surface area contributed by atoms with Gasteiger partial charge in [-0.15, -0.1) is 0 Å². The van der Waals surface area contributed by atoms with E-state index >= 15 is 0 Å². The summed E-state index contributed by atoms with van der Waals surface area (Å²) < 4.78 is 16.7. The highest BCUT2D eigenvalue weighted by molar-refractivity contribution is 5.77. The van der Waals surface area contributed by atoms with Gasteiger partial charge in [-0.25, -0.2) is 4.99 Å². The maximum Gasteiger partial charge on any atom is 0.188 e. The summed E-state index contributed by atoms with van der Waals surface area (Å²) in [6, 6.07) is 8.40. The zero-order valence-electron chi connectivity index (χ0n) is 16.8. The van der Waals surface area contributed by atoms with Gasteiger partial charge in [0.05, 0.1) is 32.5 Å². The summed E-state index contributed by atoms with van der Waals surface area (Å²) in [6.07, 6.45) is 3.36. The van der Waals surface area contributed by atoms with Gasteiger partial charge < -0.3 is 25.3 Å². The second-order valence-corrected chi connectivity index (χ2v) is 7.38. The SMILES string of the molecule is NC(=NCc1ccc(COC2CCOCC2)cc1)NCCCN1CCOCC1. The predicted molar refractivity (Wildman–Crippen MR) is 110 cm³/mol. The molecule has 1 aromatic rings. The van der Waals surface area contributed by atoms with Crippen molar-refractivity contribution in [1.29, 1.82) is 0 Å². The molecular weight excluding hydrogens is 356 g/mol. The molecule has 0 aromatic heterocycles. The number of nitrogens with two attached hydrogens (primary N) is 1. The van der Waals surface area contributed by atoms with Crippen molar-refractivity contribution in [3.63, 3.8) is 0 Å². The molecule has 28 heavy (non-hydrogen) atoms. The van der Waals surface area contributed by atoms with E-state index in [1.165, 1.54) is 5.56 Å². The largest absolute Gasteiger partial charge is 0.381 e. The van der Waals surface area contributed by atoms with Gasteiger partial charge in [-0.05, 0) is 36.9 Å². The van der Waals surface area contributed by atoms with Crippen LogP contribution in [0.2, 0.25) is 0 Å². The van der Waals surface area contributed by atoms with E-state index in [1.807, 2.05) is 0 Å². The van der Waals surface area contributed by atoms with Crippen LogP contribution in [0, 0.1) is 0 Å². The number of nitrogens with zero attached hydrogens (tertiary/aromatic N) is 2. The molecule has 0 aliphatic carbocycles. The lowest BCUT2D eigenvalue weighted by atomic mass is 10.1. The lowest BCUT2D eigenvalue weighted by molar-refractivity contribution is -0.0390. The van der Waals surface area contributed by atoms with Gasteiger partial charge in [-0.2, -0.15) is 0 Å². The highest BCUT2D eigenvalue weighted by atomic mass is 16.5. The zero-order chi connectivity index (χ0) is 19.4. The van der Waals surface area contributed by atoms with Crippen molar-refractivity contribution in [3.8, 4) is 0 Å². The third kappa shape index (κ3) is 7.75. The van der Waals surface area contributed by atoms with Crippen LogP contribution in [0.4, 0.5) is 0 Å². The Labute approximate surface area is 168 Å². The molecule has 0 saturated carbocycles. The van der Waals surface area contributed by atoms with Crippen molar-refractivity contribution in [3.05, 3.63) is 35.4 Å². The first-order valence-electron chi connectivity index (χ1n) is 10.4. The second-order valence-electron chi connectivity index (χ2n) is 7.38. The number of hydrogen-bond acceptors (Lipinski definition) is 5. The minimum absolute atomic E-state index is 0.326. The third-order valence-electron chi connectivity index (χ3n) is 5.17. The number of nitrogens with one attached hydrogen (secondary N) is 1. The maximum absolute atomic E-state index is 5.98. The van der Waals surface area contributed by atoms with Gasteiger partial charge in [0.25, 0.3) is 0 Å². The molecule has 0 spiro atoms. The normalized spacial score (nSPS) is 19.6. The summed E-state index contributed by atoms with van der Waals surface area (Å²) in [5.74, 6) is 0.508. The van der Waals surface area contributed by atoms with E-state index in [2.05, 4.69) is 39.5 Å². The molecule has 0 bridgehead atoms. The summed E-state index contributed by atoms with van der Waals surface area (Å²) >= 11 is 0. The van der Waals surface area contributed by atoms with Crippen LogP contribution in [0.15, 0.2) is 29.3 Å². The molecule has 1 aromatic carbocycles. The van der Waals surface area contributed by atoms with Crippen molar-refractivity contribution < 1.29 is 14.2 Å². The molecule has 2 fully saturated rings. The summed E-state index contributed by atoms with van der Waals surface area (Å²) in [6.45, 7) is 8.52. The van der Waals surface area contributed by atoms with E-state index in [4.69, 9.17) is 19.9 Å². The quantitative estimate of drug-likeness (QED) is 0.378. The fraction of sp³-hybridized carbons (Fsp3) is 0.667. The first kappa shape index (κ1) is 21.0. The molecule has 2 heterocycles. The average molecular weight is 391 g/mol. The molecule has 0 unspecified atom stereocenters. The Kier molecular flexibility index (Phi) is 9.03. The maximum atomic E-state index is 5.98. The Balaban J connectivity index is 1.30. The van der Waals surface area contributed by atoms with Crippen LogP contribution in [-0.4, -0.2) is 69.6 Å². The molecule has 0 atom stereocenters. The van der Waals surface area contributed by atoms with Gasteiger partial charge in [0.2, 0.25) is 0 Å². The van der Waals surface area contributed by atoms with Crippen molar-refractivity contribution in [2.75, 3.05) is 52.6 Å². The second kappa shape index (κ2) is 12.0. The van der Waals surface area contributed by atoms with E-state index in [-0.39, 0.29) is 0 Å². The van der Waals surface area contributed by atoms with Crippen LogP contribution in [0.25, 0.3) is 0 Å². The van der Waals surface area contributed by atoms with E-state index in [9.17, 15) is 0 Å². The van der Waals surface area contributed by atoms with E-state index in [0.29, 0.717) is 25.2 Å². The van der Waals surface area contributed by atoms with Gasteiger partial charge in [0, 0.05) is 32.8 Å². The molecule has 3 rings (SSSR count). The smallest absolute Gasteiger partial charge is 0.188 e. The van der Waals surface area contributed by atoms with Crippen molar-refractivity contribution in [1.82, 2.24) is 10.2 Å². The molecule has 7 heteroatoms. The average Bonchev–Trinajstić information content (AvgIpc) is 2.76. The number of guanidine groups is 1. The van der Waals surface area contributed by atoms with E-state index in [1.54, 1.807) is 0 Å². The van der Waals surface area contributed by atoms with Crippen molar-refractivity contribution >= 4 is 5.96 Å². The lowest BCUT2D eigenvalue weighted by Crippen LogP contribution is -2.39. The van der Waals surface area contributed by atoms with Gasteiger partial charge >= 0.3 is 0 Å². The van der Waals surface area contributed by atoms with E-state index in [0.717, 1.165) is 77.4 Å². The minimum Gasteiger partial charge on any atom is -0.381 e. The number of morpholine rings is 1. The van der Waals surface area contributed by atoms with Gasteiger partial charge in [0.1, 0.15) is 0 Å². The number of benzene rings is 1. The van der Waals surface area contributed by atoms with Crippen LogP contribution in [0.3, 0.4) is 0 Å². The van der Waals surface area contributed by atoms with Crippen LogP contribution in [-0.2, 0) is 27.4 Å². The molecule has 2 saturated heterocycles. The number of aliphatic imine (C=N–C) groups is 1. The minimum atomic E-state index is 0.326. The zero-order valence-corrected chi connectivity index (χ0v) is 16.8. The highest BCUT2D eigenvalue weighted by Gasteiger charge is 2.14. The summed E-state index contributed by atoms with van der Waals surface area (Å²) in [5.41, 5.74) is 8.31. The molecular formula is C21H34N4O3. The lowest BCUT2D eigenvalue weighted by Gasteiger charge is -2.26. The Morgan fingerprint density at radius 3 is 2.50 bits per heavy atom. The monoisotopic (exact) mass is 390 g/mol. The van der Waals surface area contributed by atoms with Gasteiger partial charge in [-0.3, -0.25) is 4.90 Å². The number of rotatable bonds is 9. The standard InChI is InChI=1S/C21H34N4O3/c22-21(23-8-1-9-25-10-14-27-15-11-25)24-16-18-2-4-19(5-3-18)17-28-20-6-12-26-13-7-20/h2-5,20H,1,6-17H2,(H3,22,23,24). The first-order valence-corrected chi connectivity index (χ1v) is 10.4. The molecule has 7 nitrogen and oxygen atoms in total. The number of ether oxygens (including phenoxy) is 3. The Morgan fingerprint density at radius 1 is 1.07 bits per heavy atom. The van der Waals surface area contributed by atoms with Crippen LogP contribution in [0.1, 0.15) is 30.4 Å². The van der Waals surface area contributed by atoms with Crippen LogP contribution >= 0.6 is 0 Å². The Bertz CT molecular complexity index is 582. The summed E-state index contributed by atoms with van der Waals surface area (Å²) in [4.78, 5) is 6.85. The predicted octanol–water partition coefficient (Wildman–Crippen LogP) is 1.51. The molecule has 0 radical (unpaired) electrons. The van der Waals surface area contributed by atoms with Crippen molar-refractivity contribution in [2.24, 2.45) is 10.7 Å². The first-order chi connectivity index (χ1) is 13.8. The van der Waals surface area contributed by atoms with Gasteiger partial charge in [-0.1, -0.05) is 24.3 Å². The molecule has 3 N–H and O–H groups in total. The van der Waals surface area contributed by atoms with Crippen molar-refractivity contribution in [2.45, 2.75) is 38.5 Å². The third-order valence-corrected chi connectivity index (χ3v) is 5.17. The summed E-state index contributed by atoms with van der Waals surface area (Å²) in [5, 5.41) is 3.20. The molecule has 2 aliphatic rings. The van der Waals surface area contributed by atoms with Gasteiger partial charge in [0.15, 0.2) is 5.96 Å². The van der Waals surface area contributed by atoms with Crippen LogP contribution in [0.5, 0.6) is 0 Å². The molecule has 156 valence electrons. The number of hydrogen-bond donors (Lipinski definition) is 2. The fourth-order valence-corrected chi connectivity index (χ4v) is 3.37. The topological polar surface area (TPSA) is 81.3 Å². The molecule has 0 amide bonds. The van der Waals surface area contributed by atoms with E-state index < -0.39 is 0 Å². The molecule has 2 aliphatic heterocycles. The highest BCUT2D eigenvalue weighted by Crippen LogP contribution is 2.14. The Morgan fingerprint density at radius 2 is 1.75 bits per heavy atom.